The number of carboxylic acid groups (broad SMARTS) is 1. The number of rotatable bonds is 11. The van der Waals surface area contributed by atoms with Crippen LogP contribution in [-0.4, -0.2) is 114 Å². The summed E-state index contributed by atoms with van der Waals surface area (Å²) in [6, 6.07) is 6.35. The maximum absolute atomic E-state index is 13.3. The number of fused-ring (bicyclic) bond motifs is 4. The van der Waals surface area contributed by atoms with E-state index in [4.69, 9.17) is 33.2 Å². The van der Waals surface area contributed by atoms with Gasteiger partial charge in [0.05, 0.1) is 56.7 Å². The van der Waals surface area contributed by atoms with Gasteiger partial charge in [-0.25, -0.2) is 9.59 Å². The summed E-state index contributed by atoms with van der Waals surface area (Å²) in [5.74, 6) is -5.57. The number of unbranched alkanes of at least 4 members (excludes halogenated alkanes) is 4. The maximum Gasteiger partial charge on any atom is 0.335 e. The van der Waals surface area contributed by atoms with Crippen molar-refractivity contribution >= 4 is 23.9 Å². The molecule has 0 amide bonds. The lowest BCUT2D eigenvalue weighted by atomic mass is 9.74. The number of cyclic esters (lactones) is 1. The molecule has 57 heavy (non-hydrogen) atoms. The van der Waals surface area contributed by atoms with Crippen molar-refractivity contribution < 1.29 is 72.8 Å². The zero-order valence-electron chi connectivity index (χ0n) is 33.5. The normalized spacial score (nSPS) is 31.4. The first-order chi connectivity index (χ1) is 27.2. The number of aliphatic hydroxyl groups is 3. The van der Waals surface area contributed by atoms with E-state index in [0.717, 1.165) is 31.8 Å². The second-order valence-electron chi connectivity index (χ2n) is 15.5. The number of carbonyl (C=O) groups excluding carboxylic acids is 3. The number of ether oxygens (including phenoxy) is 7. The van der Waals surface area contributed by atoms with E-state index >= 15 is 0 Å². The van der Waals surface area contributed by atoms with Crippen LogP contribution in [0.3, 0.4) is 0 Å². The van der Waals surface area contributed by atoms with Crippen LogP contribution < -0.4 is 0 Å². The second-order valence-corrected chi connectivity index (χ2v) is 15.5. The summed E-state index contributed by atoms with van der Waals surface area (Å²) < 4.78 is 41.3. The molecule has 15 nitrogen and oxygen atoms in total. The number of methoxy groups -OCH3 is 1. The molecule has 8 atom stereocenters. The van der Waals surface area contributed by atoms with Gasteiger partial charge in [-0.1, -0.05) is 64.7 Å². The third-order valence-electron chi connectivity index (χ3n) is 10.6. The molecular weight excluding hydrogens is 744 g/mol. The minimum absolute atomic E-state index is 0.0228. The Hall–Kier alpha value is -3.70. The average Bonchev–Trinajstić information content (AvgIpc) is 3.17. The molecule has 15 heteroatoms. The number of carboxylic acids is 1. The van der Waals surface area contributed by atoms with Crippen LogP contribution >= 0.6 is 0 Å². The highest BCUT2D eigenvalue weighted by molar-refractivity contribution is 5.87. The summed E-state index contributed by atoms with van der Waals surface area (Å²) in [5.41, 5.74) is -0.523. The van der Waals surface area contributed by atoms with Crippen LogP contribution in [0.2, 0.25) is 0 Å². The average molecular weight is 805 g/mol. The molecule has 0 aromatic heterocycles. The fraction of sp³-hybridized carbons (Fsp3) is 0.667. The highest BCUT2D eigenvalue weighted by atomic mass is 16.7. The predicted octanol–water partition coefficient (Wildman–Crippen LogP) is 4.84. The van der Waals surface area contributed by atoms with Gasteiger partial charge in [0.25, 0.3) is 0 Å². The summed E-state index contributed by atoms with van der Waals surface area (Å²) in [6.45, 7) is 5.11. The van der Waals surface area contributed by atoms with E-state index in [1.165, 1.54) is 19.2 Å². The van der Waals surface area contributed by atoms with E-state index in [1.54, 1.807) is 38.1 Å². The third kappa shape index (κ3) is 13.4. The molecule has 3 aliphatic heterocycles. The second kappa shape index (κ2) is 21.9. The van der Waals surface area contributed by atoms with Crippen LogP contribution in [0.5, 0.6) is 0 Å². The van der Waals surface area contributed by atoms with Crippen LogP contribution in [0, 0.1) is 5.41 Å². The van der Waals surface area contributed by atoms with E-state index in [1.807, 2.05) is 0 Å². The molecule has 4 bridgehead atoms. The molecule has 2 saturated heterocycles. The Kier molecular flexibility index (Phi) is 17.7. The van der Waals surface area contributed by atoms with Gasteiger partial charge in [0, 0.05) is 37.4 Å². The van der Waals surface area contributed by atoms with Gasteiger partial charge in [0.1, 0.15) is 6.10 Å². The molecule has 3 aliphatic rings. The van der Waals surface area contributed by atoms with Crippen molar-refractivity contribution in [2.24, 2.45) is 5.41 Å². The Morgan fingerprint density at radius 2 is 1.75 bits per heavy atom. The van der Waals surface area contributed by atoms with Gasteiger partial charge in [-0.2, -0.15) is 0 Å². The van der Waals surface area contributed by atoms with E-state index < -0.39 is 91.0 Å². The quantitative estimate of drug-likeness (QED) is 0.0774. The van der Waals surface area contributed by atoms with Gasteiger partial charge in [-0.05, 0) is 55.0 Å². The largest absolute Gasteiger partial charge is 0.478 e. The van der Waals surface area contributed by atoms with Crippen LogP contribution in [0.1, 0.15) is 120 Å². The number of benzene rings is 1. The van der Waals surface area contributed by atoms with Gasteiger partial charge in [-0.3, -0.25) is 9.59 Å². The van der Waals surface area contributed by atoms with Crippen LogP contribution in [0.25, 0.3) is 0 Å². The molecule has 0 aliphatic carbocycles. The molecule has 1 aromatic rings. The molecule has 0 spiro atoms. The highest BCUT2D eigenvalue weighted by Crippen LogP contribution is 2.47. The number of hydrogen-bond donors (Lipinski definition) is 4. The predicted molar refractivity (Wildman–Crippen MR) is 203 cm³/mol. The molecule has 3 heterocycles. The molecule has 2 fully saturated rings. The van der Waals surface area contributed by atoms with Crippen molar-refractivity contribution in [1.82, 2.24) is 0 Å². The fourth-order valence-electron chi connectivity index (χ4n) is 7.23. The number of hydrogen-bond acceptors (Lipinski definition) is 14. The lowest BCUT2D eigenvalue weighted by Crippen LogP contribution is -2.62. The zero-order valence-corrected chi connectivity index (χ0v) is 33.5. The van der Waals surface area contributed by atoms with E-state index in [9.17, 15) is 39.6 Å². The monoisotopic (exact) mass is 804 g/mol. The van der Waals surface area contributed by atoms with Crippen molar-refractivity contribution in [3.63, 3.8) is 0 Å². The molecule has 0 unspecified atom stereocenters. The Morgan fingerprint density at radius 3 is 2.47 bits per heavy atom. The van der Waals surface area contributed by atoms with Crippen molar-refractivity contribution in [3.8, 4) is 0 Å². The van der Waals surface area contributed by atoms with E-state index in [2.05, 4.69) is 6.92 Å². The summed E-state index contributed by atoms with van der Waals surface area (Å²) in [7, 11) is 1.19. The van der Waals surface area contributed by atoms with Crippen molar-refractivity contribution in [2.75, 3.05) is 26.9 Å². The van der Waals surface area contributed by atoms with E-state index in [-0.39, 0.29) is 43.4 Å². The van der Waals surface area contributed by atoms with Crippen LogP contribution in [-0.2, 0) is 47.5 Å². The number of aliphatic hydroxyl groups excluding tert-OH is 2. The first-order valence-corrected chi connectivity index (χ1v) is 20.0. The number of aromatic carboxylic acids is 1. The van der Waals surface area contributed by atoms with E-state index in [0.29, 0.717) is 31.4 Å². The molecule has 4 rings (SSSR count). The van der Waals surface area contributed by atoms with Gasteiger partial charge in [-0.15, -0.1) is 0 Å². The number of esters is 3. The molecule has 1 aromatic carbocycles. The summed E-state index contributed by atoms with van der Waals surface area (Å²) in [4.78, 5) is 50.8. The summed E-state index contributed by atoms with van der Waals surface area (Å²) in [6.07, 6.45) is 2.42. The van der Waals surface area contributed by atoms with Gasteiger partial charge >= 0.3 is 23.9 Å². The smallest absolute Gasteiger partial charge is 0.335 e. The first kappa shape index (κ1) is 46.0. The van der Waals surface area contributed by atoms with Crippen LogP contribution in [0.15, 0.2) is 48.1 Å². The Bertz CT molecular complexity index is 1560. The Morgan fingerprint density at radius 1 is 1.00 bits per heavy atom. The maximum atomic E-state index is 13.3. The molecule has 318 valence electrons. The summed E-state index contributed by atoms with van der Waals surface area (Å²) in [5, 5.41) is 43.4. The minimum Gasteiger partial charge on any atom is -0.478 e. The van der Waals surface area contributed by atoms with Crippen molar-refractivity contribution in [3.05, 3.63) is 59.2 Å². The van der Waals surface area contributed by atoms with Gasteiger partial charge < -0.3 is 53.6 Å². The SMILES string of the molecule is CCCCCCCC(=O)O[C@H]1/C(=C/C(=O)OC)C[C@H]2C[C@H](CO)OC(=O)C[C@H](O)CCO[C@H](c3cccc(C(=O)O)c3)C[C@@H]3CCO[C@H](/C=C/C(C)(C)[C@]1(O)O2)O3. The standard InChI is InChI=1S/C42H60O15/c1-5-6-7-8-9-13-35(45)56-39-29(22-36(46)51-4)21-32-24-33(26-43)54-37(47)23-30(44)15-18-52-34(27-11-10-12-28(20-27)40(48)49)25-31-16-19-53-38(55-31)14-17-41(2,3)42(39,50)57-32/h10-12,14,17,20,22,30-34,38-39,43-44,50H,5-9,13,15-16,18-19,21,23-26H2,1-4H3,(H,48,49)/b17-14+,29-22+/t30-,31+,32+,33-,34+,38+,39+,42-/m1/s1. The fourth-order valence-corrected chi connectivity index (χ4v) is 7.23. The Balaban J connectivity index is 1.71. The van der Waals surface area contributed by atoms with Crippen molar-refractivity contribution in [1.29, 1.82) is 0 Å². The minimum atomic E-state index is -2.33. The summed E-state index contributed by atoms with van der Waals surface area (Å²) >= 11 is 0. The molecule has 0 radical (unpaired) electrons. The third-order valence-corrected chi connectivity index (χ3v) is 10.6. The lowest BCUT2D eigenvalue weighted by Gasteiger charge is -2.51. The Labute approximate surface area is 334 Å². The first-order valence-electron chi connectivity index (χ1n) is 20.0. The topological polar surface area (TPSA) is 214 Å². The molecule has 4 N–H and O–H groups in total. The van der Waals surface area contributed by atoms with Gasteiger partial charge in [0.2, 0.25) is 5.79 Å². The zero-order chi connectivity index (χ0) is 41.6. The molecule has 0 saturated carbocycles. The lowest BCUT2D eigenvalue weighted by molar-refractivity contribution is -0.327. The van der Waals surface area contributed by atoms with Crippen LogP contribution in [0.4, 0.5) is 0 Å². The van der Waals surface area contributed by atoms with Gasteiger partial charge in [0.15, 0.2) is 12.4 Å². The highest BCUT2D eigenvalue weighted by Gasteiger charge is 2.57. The molecular formula is C42H60O15. The number of carbonyl (C=O) groups is 4. The van der Waals surface area contributed by atoms with Crippen molar-refractivity contribution in [2.45, 2.75) is 147 Å².